The van der Waals surface area contributed by atoms with Crippen molar-refractivity contribution in [2.24, 2.45) is 5.41 Å². The van der Waals surface area contributed by atoms with Crippen LogP contribution in [-0.4, -0.2) is 71.8 Å². The van der Waals surface area contributed by atoms with E-state index in [2.05, 4.69) is 36.3 Å². The highest BCUT2D eigenvalue weighted by atomic mass is 16.7. The van der Waals surface area contributed by atoms with Crippen LogP contribution in [-0.2, 0) is 28.8 Å². The van der Waals surface area contributed by atoms with Gasteiger partial charge in [-0.25, -0.2) is 4.79 Å². The second-order valence-electron chi connectivity index (χ2n) is 8.88. The molecule has 4 amide bonds. The Morgan fingerprint density at radius 2 is 1.67 bits per heavy atom. The van der Waals surface area contributed by atoms with E-state index in [-0.39, 0.29) is 62.0 Å². The molecule has 30 heavy (non-hydrogen) atoms. The molecule has 0 bridgehead atoms. The zero-order valence-corrected chi connectivity index (χ0v) is 18.0. The Morgan fingerprint density at radius 3 is 2.30 bits per heavy atom. The van der Waals surface area contributed by atoms with Gasteiger partial charge in [-0.05, 0) is 24.8 Å². The summed E-state index contributed by atoms with van der Waals surface area (Å²) in [6.07, 6.45) is 1.79. The predicted molar refractivity (Wildman–Crippen MR) is 106 cm³/mol. The molecule has 2 saturated heterocycles. The standard InChI is InChI=1S/C20H32N4O6/c1-20(2,3)13-23-12-4-5-14(23)19(29)22-10-8-15(25)21-11-9-18(28)30-24-16(26)6-7-17(24)27/h14H,4-13H2,1-3H3,(H,21,25)(H,22,29). The van der Waals surface area contributed by atoms with Crippen LogP contribution in [0.3, 0.4) is 0 Å². The first-order chi connectivity index (χ1) is 14.1. The van der Waals surface area contributed by atoms with Gasteiger partial charge in [0, 0.05) is 38.9 Å². The second-order valence-corrected chi connectivity index (χ2v) is 8.88. The Hall–Kier alpha value is -2.49. The number of hydrogen-bond donors (Lipinski definition) is 2. The Labute approximate surface area is 176 Å². The number of rotatable bonds is 9. The molecule has 2 N–H and O–H groups in total. The number of amides is 4. The van der Waals surface area contributed by atoms with Crippen LogP contribution >= 0.6 is 0 Å². The lowest BCUT2D eigenvalue weighted by Crippen LogP contribution is -2.46. The molecule has 0 radical (unpaired) electrons. The number of hydroxylamine groups is 2. The van der Waals surface area contributed by atoms with Gasteiger partial charge < -0.3 is 15.5 Å². The minimum absolute atomic E-state index is 0.0177. The Bertz CT molecular complexity index is 671. The highest BCUT2D eigenvalue weighted by molar-refractivity contribution is 6.01. The van der Waals surface area contributed by atoms with Crippen molar-refractivity contribution >= 4 is 29.6 Å². The van der Waals surface area contributed by atoms with Gasteiger partial charge in [-0.2, -0.15) is 0 Å². The SMILES string of the molecule is CC(C)(C)CN1CCCC1C(=O)NCCC(=O)NCCC(=O)ON1C(=O)CCC1=O. The van der Waals surface area contributed by atoms with Gasteiger partial charge in [-0.1, -0.05) is 20.8 Å². The van der Waals surface area contributed by atoms with E-state index in [0.29, 0.717) is 5.06 Å². The van der Waals surface area contributed by atoms with Crippen LogP contribution in [0.15, 0.2) is 0 Å². The van der Waals surface area contributed by atoms with E-state index < -0.39 is 17.8 Å². The first-order valence-electron chi connectivity index (χ1n) is 10.4. The normalized spacial score (nSPS) is 19.8. The average Bonchev–Trinajstić information content (AvgIpc) is 3.21. The molecule has 2 rings (SSSR count). The molecule has 2 heterocycles. The predicted octanol–water partition coefficient (Wildman–Crippen LogP) is 0.117. The monoisotopic (exact) mass is 424 g/mol. The summed E-state index contributed by atoms with van der Waals surface area (Å²) in [5.74, 6) is -2.23. The second kappa shape index (κ2) is 10.5. The molecular formula is C20H32N4O6. The molecule has 0 aromatic carbocycles. The highest BCUT2D eigenvalue weighted by Crippen LogP contribution is 2.23. The molecule has 1 unspecified atom stereocenters. The summed E-state index contributed by atoms with van der Waals surface area (Å²) in [7, 11) is 0. The Balaban J connectivity index is 1.60. The smallest absolute Gasteiger partial charge is 0.334 e. The quantitative estimate of drug-likeness (QED) is 0.504. The molecule has 10 heteroatoms. The van der Waals surface area contributed by atoms with Crippen molar-refractivity contribution in [3.05, 3.63) is 0 Å². The van der Waals surface area contributed by atoms with Crippen LogP contribution in [0.2, 0.25) is 0 Å². The lowest BCUT2D eigenvalue weighted by molar-refractivity contribution is -0.197. The molecule has 0 saturated carbocycles. The van der Waals surface area contributed by atoms with Crippen molar-refractivity contribution in [1.82, 2.24) is 20.6 Å². The average molecular weight is 424 g/mol. The van der Waals surface area contributed by atoms with Crippen molar-refractivity contribution in [3.63, 3.8) is 0 Å². The zero-order valence-electron chi connectivity index (χ0n) is 18.0. The number of nitrogens with zero attached hydrogens (tertiary/aromatic N) is 2. The molecule has 0 spiro atoms. The van der Waals surface area contributed by atoms with Crippen molar-refractivity contribution in [3.8, 4) is 0 Å². The van der Waals surface area contributed by atoms with Crippen molar-refractivity contribution < 1.29 is 28.8 Å². The van der Waals surface area contributed by atoms with Gasteiger partial charge in [0.05, 0.1) is 12.5 Å². The fraction of sp³-hybridized carbons (Fsp3) is 0.750. The lowest BCUT2D eigenvalue weighted by atomic mass is 9.95. The topological polar surface area (TPSA) is 125 Å². The van der Waals surface area contributed by atoms with Crippen LogP contribution in [0.5, 0.6) is 0 Å². The van der Waals surface area contributed by atoms with E-state index in [4.69, 9.17) is 4.84 Å². The van der Waals surface area contributed by atoms with Gasteiger partial charge in [0.25, 0.3) is 11.8 Å². The lowest BCUT2D eigenvalue weighted by Gasteiger charge is -2.30. The summed E-state index contributed by atoms with van der Waals surface area (Å²) in [6.45, 7) is 8.40. The zero-order chi connectivity index (χ0) is 22.3. The van der Waals surface area contributed by atoms with E-state index in [1.807, 2.05) is 0 Å². The summed E-state index contributed by atoms with van der Waals surface area (Å²) < 4.78 is 0. The van der Waals surface area contributed by atoms with Crippen LogP contribution in [0.25, 0.3) is 0 Å². The van der Waals surface area contributed by atoms with Crippen LogP contribution in [0.4, 0.5) is 0 Å². The third-order valence-corrected chi connectivity index (χ3v) is 4.85. The molecule has 0 aromatic heterocycles. The molecule has 168 valence electrons. The fourth-order valence-electron chi connectivity index (χ4n) is 3.54. The van der Waals surface area contributed by atoms with Gasteiger partial charge in [0.15, 0.2) is 0 Å². The van der Waals surface area contributed by atoms with Gasteiger partial charge >= 0.3 is 5.97 Å². The summed E-state index contributed by atoms with van der Waals surface area (Å²) in [4.78, 5) is 65.7. The summed E-state index contributed by atoms with van der Waals surface area (Å²) in [5, 5.41) is 5.85. The molecule has 2 aliphatic rings. The van der Waals surface area contributed by atoms with E-state index >= 15 is 0 Å². The summed E-state index contributed by atoms with van der Waals surface area (Å²) in [5.41, 5.74) is 0.110. The maximum atomic E-state index is 12.4. The summed E-state index contributed by atoms with van der Waals surface area (Å²) >= 11 is 0. The van der Waals surface area contributed by atoms with Gasteiger partial charge in [0.2, 0.25) is 11.8 Å². The van der Waals surface area contributed by atoms with Crippen LogP contribution in [0, 0.1) is 5.41 Å². The first-order valence-corrected chi connectivity index (χ1v) is 10.4. The van der Waals surface area contributed by atoms with E-state index in [9.17, 15) is 24.0 Å². The molecule has 0 aliphatic carbocycles. The van der Waals surface area contributed by atoms with Crippen molar-refractivity contribution in [2.45, 2.75) is 65.3 Å². The molecule has 10 nitrogen and oxygen atoms in total. The summed E-state index contributed by atoms with van der Waals surface area (Å²) in [6, 6.07) is -0.155. The highest BCUT2D eigenvalue weighted by Gasteiger charge is 2.33. The minimum atomic E-state index is -0.771. The van der Waals surface area contributed by atoms with Crippen LogP contribution < -0.4 is 10.6 Å². The number of imide groups is 1. The number of nitrogens with one attached hydrogen (secondary N) is 2. The minimum Gasteiger partial charge on any atom is -0.355 e. The maximum Gasteiger partial charge on any atom is 0.334 e. The third-order valence-electron chi connectivity index (χ3n) is 4.85. The molecule has 0 aromatic rings. The number of carbonyl (C=O) groups excluding carboxylic acids is 5. The molecule has 2 aliphatic heterocycles. The van der Waals surface area contributed by atoms with E-state index in [0.717, 1.165) is 25.9 Å². The molecular weight excluding hydrogens is 392 g/mol. The Morgan fingerprint density at radius 1 is 1.03 bits per heavy atom. The third kappa shape index (κ3) is 7.40. The van der Waals surface area contributed by atoms with E-state index in [1.165, 1.54) is 0 Å². The fourth-order valence-corrected chi connectivity index (χ4v) is 3.54. The van der Waals surface area contributed by atoms with E-state index in [1.54, 1.807) is 0 Å². The van der Waals surface area contributed by atoms with Gasteiger partial charge in [0.1, 0.15) is 0 Å². The van der Waals surface area contributed by atoms with Crippen molar-refractivity contribution in [2.75, 3.05) is 26.2 Å². The molecule has 1 atom stereocenters. The molecule has 2 fully saturated rings. The first kappa shape index (κ1) is 23.8. The largest absolute Gasteiger partial charge is 0.355 e. The number of carbonyl (C=O) groups is 5. The Kier molecular flexibility index (Phi) is 8.33. The van der Waals surface area contributed by atoms with Gasteiger partial charge in [-0.15, -0.1) is 5.06 Å². The van der Waals surface area contributed by atoms with Crippen molar-refractivity contribution in [1.29, 1.82) is 0 Å². The number of likely N-dealkylation sites (tertiary alicyclic amines) is 1. The number of hydrogen-bond acceptors (Lipinski definition) is 7. The maximum absolute atomic E-state index is 12.4. The van der Waals surface area contributed by atoms with Crippen LogP contribution in [0.1, 0.15) is 59.3 Å². The van der Waals surface area contributed by atoms with Gasteiger partial charge in [-0.3, -0.25) is 24.1 Å².